The van der Waals surface area contributed by atoms with Crippen LogP contribution in [0, 0.1) is 5.92 Å². The Balaban J connectivity index is 1.95. The van der Waals surface area contributed by atoms with Crippen LogP contribution in [0.25, 0.3) is 0 Å². The molecular formula is C14H24N4O3S2. The van der Waals surface area contributed by atoms with Crippen molar-refractivity contribution in [2.75, 3.05) is 18.1 Å². The lowest BCUT2D eigenvalue weighted by atomic mass is 10.1. The minimum atomic E-state index is -2.88. The van der Waals surface area contributed by atoms with E-state index >= 15 is 0 Å². The van der Waals surface area contributed by atoms with Crippen molar-refractivity contribution >= 4 is 27.5 Å². The van der Waals surface area contributed by atoms with E-state index in [1.165, 1.54) is 11.8 Å². The Labute approximate surface area is 141 Å². The first kappa shape index (κ1) is 18.3. The van der Waals surface area contributed by atoms with Crippen LogP contribution in [0.15, 0.2) is 5.16 Å². The maximum Gasteiger partial charge on any atom is 0.233 e. The van der Waals surface area contributed by atoms with Gasteiger partial charge in [0.1, 0.15) is 5.82 Å². The molecule has 9 heteroatoms. The summed E-state index contributed by atoms with van der Waals surface area (Å²) in [5.74, 6) is 1.38. The Morgan fingerprint density at radius 2 is 2.22 bits per heavy atom. The van der Waals surface area contributed by atoms with Crippen molar-refractivity contribution in [2.45, 2.75) is 43.5 Å². The van der Waals surface area contributed by atoms with Gasteiger partial charge in [0, 0.05) is 20.0 Å². The molecule has 1 saturated heterocycles. The molecule has 23 heavy (non-hydrogen) atoms. The number of nitrogens with one attached hydrogen (secondary N) is 1. The highest BCUT2D eigenvalue weighted by Crippen LogP contribution is 2.25. The van der Waals surface area contributed by atoms with Gasteiger partial charge in [-0.25, -0.2) is 8.42 Å². The lowest BCUT2D eigenvalue weighted by Crippen LogP contribution is -2.31. The molecule has 0 bridgehead atoms. The average molecular weight is 361 g/mol. The van der Waals surface area contributed by atoms with Crippen LogP contribution in [0.3, 0.4) is 0 Å². The Morgan fingerprint density at radius 1 is 1.48 bits per heavy atom. The fraction of sp³-hybridized carbons (Fsp3) is 0.786. The van der Waals surface area contributed by atoms with Crippen LogP contribution in [0.5, 0.6) is 0 Å². The van der Waals surface area contributed by atoms with Crippen LogP contribution in [0.4, 0.5) is 0 Å². The summed E-state index contributed by atoms with van der Waals surface area (Å²) in [5, 5.41) is 11.6. The largest absolute Gasteiger partial charge is 0.355 e. The number of rotatable bonds is 7. The molecule has 1 aliphatic rings. The molecule has 1 fully saturated rings. The quantitative estimate of drug-likeness (QED) is 0.723. The maximum absolute atomic E-state index is 11.9. The van der Waals surface area contributed by atoms with E-state index in [0.717, 1.165) is 12.2 Å². The minimum Gasteiger partial charge on any atom is -0.355 e. The van der Waals surface area contributed by atoms with Gasteiger partial charge in [-0.05, 0) is 25.7 Å². The molecular weight excluding hydrogens is 336 g/mol. The Morgan fingerprint density at radius 3 is 2.83 bits per heavy atom. The molecule has 2 atom stereocenters. The second kappa shape index (κ2) is 7.65. The number of amides is 1. The normalized spacial score (nSPS) is 21.3. The summed E-state index contributed by atoms with van der Waals surface area (Å²) in [7, 11) is -1.02. The second-order valence-electron chi connectivity index (χ2n) is 5.98. The summed E-state index contributed by atoms with van der Waals surface area (Å²) >= 11 is 1.37. The second-order valence-corrected chi connectivity index (χ2v) is 9.52. The summed E-state index contributed by atoms with van der Waals surface area (Å²) in [6.07, 6.45) is 2.20. The fourth-order valence-corrected chi connectivity index (χ4v) is 5.24. The molecule has 1 aromatic rings. The molecule has 1 aromatic heterocycles. The first-order chi connectivity index (χ1) is 10.8. The highest BCUT2D eigenvalue weighted by molar-refractivity contribution is 8.00. The summed E-state index contributed by atoms with van der Waals surface area (Å²) in [6.45, 7) is 4.52. The minimum absolute atomic E-state index is 0.0108. The molecule has 1 aliphatic heterocycles. The van der Waals surface area contributed by atoms with E-state index in [2.05, 4.69) is 15.5 Å². The summed E-state index contributed by atoms with van der Waals surface area (Å²) in [5.41, 5.74) is 0. The van der Waals surface area contributed by atoms with E-state index < -0.39 is 9.84 Å². The van der Waals surface area contributed by atoms with Gasteiger partial charge in [-0.3, -0.25) is 4.79 Å². The number of sulfone groups is 1. The van der Waals surface area contributed by atoms with Crippen LogP contribution in [0.1, 0.15) is 32.5 Å². The molecule has 2 rings (SSSR count). The van der Waals surface area contributed by atoms with Gasteiger partial charge in [-0.15, -0.1) is 10.2 Å². The first-order valence-electron chi connectivity index (χ1n) is 7.85. The number of hydrogen-bond acceptors (Lipinski definition) is 6. The molecule has 0 unspecified atom stereocenters. The summed E-state index contributed by atoms with van der Waals surface area (Å²) < 4.78 is 24.9. The zero-order chi connectivity index (χ0) is 17.0. The monoisotopic (exact) mass is 360 g/mol. The predicted molar refractivity (Wildman–Crippen MR) is 90.1 cm³/mol. The lowest BCUT2D eigenvalue weighted by Gasteiger charge is -2.11. The van der Waals surface area contributed by atoms with Crippen molar-refractivity contribution in [3.63, 3.8) is 0 Å². The van der Waals surface area contributed by atoms with Gasteiger partial charge in [0.15, 0.2) is 15.0 Å². The van der Waals surface area contributed by atoms with E-state index in [9.17, 15) is 13.2 Å². The molecule has 7 nitrogen and oxygen atoms in total. The molecule has 130 valence electrons. The number of hydrogen-bond donors (Lipinski definition) is 1. The van der Waals surface area contributed by atoms with E-state index in [0.29, 0.717) is 24.5 Å². The zero-order valence-corrected chi connectivity index (χ0v) is 15.4. The van der Waals surface area contributed by atoms with Gasteiger partial charge in [0.25, 0.3) is 0 Å². The standard InChI is InChI=1S/C14H24N4O3S2/c1-4-6-15-13(19)10(2)22-14-17-16-12(18(14)3)8-11-5-7-23(20,21)9-11/h10-11H,4-9H2,1-3H3,(H,15,19)/t10-,11+/m0/s1. The Kier molecular flexibility index (Phi) is 6.07. The molecule has 0 spiro atoms. The molecule has 1 N–H and O–H groups in total. The van der Waals surface area contributed by atoms with Crippen LogP contribution in [0.2, 0.25) is 0 Å². The third kappa shape index (κ3) is 4.94. The van der Waals surface area contributed by atoms with Gasteiger partial charge in [-0.1, -0.05) is 18.7 Å². The molecule has 0 aliphatic carbocycles. The predicted octanol–water partition coefficient (Wildman–Crippen LogP) is 0.799. The Bertz CT molecular complexity index is 657. The highest BCUT2D eigenvalue weighted by atomic mass is 32.2. The van der Waals surface area contributed by atoms with Crippen molar-refractivity contribution < 1.29 is 13.2 Å². The van der Waals surface area contributed by atoms with E-state index in [1.807, 2.05) is 25.5 Å². The number of thioether (sulfide) groups is 1. The average Bonchev–Trinajstić information content (AvgIpc) is 3.01. The van der Waals surface area contributed by atoms with Gasteiger partial charge in [-0.2, -0.15) is 0 Å². The summed E-state index contributed by atoms with van der Waals surface area (Å²) in [4.78, 5) is 11.9. The van der Waals surface area contributed by atoms with Gasteiger partial charge >= 0.3 is 0 Å². The maximum atomic E-state index is 11.9. The SMILES string of the molecule is CCCNC(=O)[C@H](C)Sc1nnc(C[C@H]2CCS(=O)(=O)C2)n1C. The van der Waals surface area contributed by atoms with Crippen LogP contribution in [-0.4, -0.2) is 52.4 Å². The van der Waals surface area contributed by atoms with Crippen molar-refractivity contribution in [3.05, 3.63) is 5.82 Å². The Hall–Kier alpha value is -1.09. The van der Waals surface area contributed by atoms with Gasteiger partial charge in [0.2, 0.25) is 5.91 Å². The zero-order valence-electron chi connectivity index (χ0n) is 13.8. The van der Waals surface area contributed by atoms with E-state index in [4.69, 9.17) is 0 Å². The third-order valence-corrected chi connectivity index (χ3v) is 6.89. The van der Waals surface area contributed by atoms with Crippen molar-refractivity contribution in [1.82, 2.24) is 20.1 Å². The third-order valence-electron chi connectivity index (χ3n) is 3.92. The van der Waals surface area contributed by atoms with Crippen LogP contribution in [-0.2, 0) is 28.1 Å². The molecule has 1 amide bonds. The van der Waals surface area contributed by atoms with Gasteiger partial charge < -0.3 is 9.88 Å². The van der Waals surface area contributed by atoms with Crippen LogP contribution < -0.4 is 5.32 Å². The number of carbonyl (C=O) groups excluding carboxylic acids is 1. The van der Waals surface area contributed by atoms with Crippen molar-refractivity contribution in [1.29, 1.82) is 0 Å². The lowest BCUT2D eigenvalue weighted by molar-refractivity contribution is -0.120. The molecule has 0 saturated carbocycles. The van der Waals surface area contributed by atoms with Crippen LogP contribution >= 0.6 is 11.8 Å². The van der Waals surface area contributed by atoms with Gasteiger partial charge in [0.05, 0.1) is 16.8 Å². The van der Waals surface area contributed by atoms with Crippen molar-refractivity contribution in [3.8, 4) is 0 Å². The number of carbonyl (C=O) groups is 1. The molecule has 0 radical (unpaired) electrons. The number of aromatic nitrogens is 3. The highest BCUT2D eigenvalue weighted by Gasteiger charge is 2.29. The van der Waals surface area contributed by atoms with E-state index in [-0.39, 0.29) is 28.6 Å². The topological polar surface area (TPSA) is 94.0 Å². The number of nitrogens with zero attached hydrogens (tertiary/aromatic N) is 3. The fourth-order valence-electron chi connectivity index (χ4n) is 2.52. The molecule has 2 heterocycles. The van der Waals surface area contributed by atoms with E-state index in [1.54, 1.807) is 0 Å². The summed E-state index contributed by atoms with van der Waals surface area (Å²) in [6, 6.07) is 0. The van der Waals surface area contributed by atoms with Crippen molar-refractivity contribution in [2.24, 2.45) is 13.0 Å². The first-order valence-corrected chi connectivity index (χ1v) is 10.6. The molecule has 0 aromatic carbocycles. The smallest absolute Gasteiger partial charge is 0.233 e.